The Labute approximate surface area is 135 Å². The summed E-state index contributed by atoms with van der Waals surface area (Å²) in [6.45, 7) is 4.86. The lowest BCUT2D eigenvalue weighted by Crippen LogP contribution is -2.08. The fourth-order valence-electron chi connectivity index (χ4n) is 2.37. The Morgan fingerprint density at radius 1 is 1.32 bits per heavy atom. The molecule has 0 spiro atoms. The number of benzene rings is 1. The van der Waals surface area contributed by atoms with Gasteiger partial charge in [0.1, 0.15) is 5.82 Å². The summed E-state index contributed by atoms with van der Waals surface area (Å²) in [4.78, 5) is 4.18. The number of hydrogen-bond acceptors (Lipinski definition) is 4. The molecule has 120 valence electrons. The molecule has 1 atom stereocenters. The Morgan fingerprint density at radius 2 is 2.14 bits per heavy atom. The molecule has 1 unspecified atom stereocenters. The lowest BCUT2D eigenvalue weighted by atomic mass is 10.0. The van der Waals surface area contributed by atoms with Gasteiger partial charge in [0.05, 0.1) is 11.8 Å². The van der Waals surface area contributed by atoms with Gasteiger partial charge in [-0.3, -0.25) is 0 Å². The summed E-state index contributed by atoms with van der Waals surface area (Å²) in [6.07, 6.45) is 3.62. The Balaban J connectivity index is 2.28. The monoisotopic (exact) mass is 322 g/mol. The van der Waals surface area contributed by atoms with Crippen LogP contribution >= 0.6 is 11.3 Å². The van der Waals surface area contributed by atoms with E-state index in [1.807, 2.05) is 6.07 Å². The highest BCUT2D eigenvalue weighted by Crippen LogP contribution is 2.32. The van der Waals surface area contributed by atoms with E-state index in [0.717, 1.165) is 25.7 Å². The average Bonchev–Trinajstić information content (AvgIpc) is 2.93. The van der Waals surface area contributed by atoms with Gasteiger partial charge in [-0.05, 0) is 18.9 Å². The zero-order chi connectivity index (χ0) is 15.9. The summed E-state index contributed by atoms with van der Waals surface area (Å²) in [5.74, 6) is -0.247. The van der Waals surface area contributed by atoms with Crippen molar-refractivity contribution in [2.75, 3.05) is 12.3 Å². The van der Waals surface area contributed by atoms with Gasteiger partial charge >= 0.3 is 0 Å². The topological polar surface area (TPSA) is 48.1 Å². The lowest BCUT2D eigenvalue weighted by Gasteiger charge is -2.19. The number of thiazole rings is 1. The minimum atomic E-state index is -0.247. The maximum atomic E-state index is 14.9. The van der Waals surface area contributed by atoms with Crippen molar-refractivity contribution >= 4 is 16.5 Å². The highest BCUT2D eigenvalue weighted by molar-refractivity contribution is 7.13. The van der Waals surface area contributed by atoms with Gasteiger partial charge in [-0.2, -0.15) is 0 Å². The van der Waals surface area contributed by atoms with Gasteiger partial charge in [-0.15, -0.1) is 11.3 Å². The third-order valence-electron chi connectivity index (χ3n) is 3.54. The summed E-state index contributed by atoms with van der Waals surface area (Å²) < 4.78 is 20.8. The number of hydrogen-bond donors (Lipinski definition) is 1. The van der Waals surface area contributed by atoms with Crippen LogP contribution in [0.1, 0.15) is 51.2 Å². The Bertz CT molecular complexity index is 600. The van der Waals surface area contributed by atoms with Gasteiger partial charge in [0.2, 0.25) is 0 Å². The van der Waals surface area contributed by atoms with E-state index in [9.17, 15) is 4.39 Å². The Hall–Kier alpha value is -1.46. The van der Waals surface area contributed by atoms with Crippen molar-refractivity contribution in [2.45, 2.75) is 45.6 Å². The molecule has 0 saturated carbocycles. The minimum Gasteiger partial charge on any atom is -0.375 e. The molecule has 0 saturated heterocycles. The molecule has 0 aliphatic heterocycles. The van der Waals surface area contributed by atoms with Crippen LogP contribution in [0.15, 0.2) is 23.6 Å². The maximum Gasteiger partial charge on any atom is 0.180 e. The van der Waals surface area contributed by atoms with Gasteiger partial charge in [0.15, 0.2) is 5.13 Å². The molecule has 0 amide bonds. The molecule has 0 radical (unpaired) electrons. The first-order chi connectivity index (χ1) is 10.7. The van der Waals surface area contributed by atoms with Crippen molar-refractivity contribution in [2.24, 2.45) is 0 Å². The molecule has 0 aliphatic rings. The van der Waals surface area contributed by atoms with Crippen LogP contribution in [0.3, 0.4) is 0 Å². The standard InChI is InChI=1S/C17H23FN2OS/c1-3-5-10-21-15(7-4-2)13-9-6-8-12(16(13)18)14-11-22-17(19)20-14/h6,8-9,11,15H,3-5,7,10H2,1-2H3,(H2,19,20). The Kier molecular flexibility index (Phi) is 6.34. The molecule has 0 aliphatic carbocycles. The van der Waals surface area contributed by atoms with Gasteiger partial charge in [0, 0.05) is 23.1 Å². The van der Waals surface area contributed by atoms with E-state index in [-0.39, 0.29) is 11.9 Å². The fraction of sp³-hybridized carbons (Fsp3) is 0.471. The van der Waals surface area contributed by atoms with Crippen molar-refractivity contribution in [3.05, 3.63) is 35.0 Å². The molecule has 1 aromatic carbocycles. The second-order valence-electron chi connectivity index (χ2n) is 5.28. The van der Waals surface area contributed by atoms with Gasteiger partial charge < -0.3 is 10.5 Å². The molecule has 2 aromatic rings. The Morgan fingerprint density at radius 3 is 2.77 bits per heavy atom. The number of anilines is 1. The highest BCUT2D eigenvalue weighted by atomic mass is 32.1. The zero-order valence-electron chi connectivity index (χ0n) is 13.1. The third-order valence-corrected chi connectivity index (χ3v) is 4.22. The molecule has 22 heavy (non-hydrogen) atoms. The van der Waals surface area contributed by atoms with E-state index < -0.39 is 0 Å². The molecular formula is C17H23FN2OS. The number of rotatable bonds is 8. The predicted molar refractivity (Wildman–Crippen MR) is 90.4 cm³/mol. The van der Waals surface area contributed by atoms with E-state index in [1.54, 1.807) is 17.5 Å². The molecule has 2 N–H and O–H groups in total. The number of halogens is 1. The summed E-state index contributed by atoms with van der Waals surface area (Å²) in [5.41, 5.74) is 7.35. The lowest BCUT2D eigenvalue weighted by molar-refractivity contribution is 0.0420. The molecule has 1 aromatic heterocycles. The van der Waals surface area contributed by atoms with Crippen molar-refractivity contribution in [3.8, 4) is 11.3 Å². The largest absolute Gasteiger partial charge is 0.375 e. The average molecular weight is 322 g/mol. The first kappa shape index (κ1) is 16.9. The first-order valence-corrected chi connectivity index (χ1v) is 8.66. The zero-order valence-corrected chi connectivity index (χ0v) is 14.0. The van der Waals surface area contributed by atoms with E-state index in [1.165, 1.54) is 11.3 Å². The van der Waals surface area contributed by atoms with Crippen LogP contribution in [0.25, 0.3) is 11.3 Å². The van der Waals surface area contributed by atoms with E-state index in [2.05, 4.69) is 18.8 Å². The molecule has 3 nitrogen and oxygen atoms in total. The summed E-state index contributed by atoms with van der Waals surface area (Å²) >= 11 is 1.32. The minimum absolute atomic E-state index is 0.201. The van der Waals surface area contributed by atoms with Crippen LogP contribution in [-0.4, -0.2) is 11.6 Å². The number of ether oxygens (including phenoxy) is 1. The van der Waals surface area contributed by atoms with Gasteiger partial charge in [-0.1, -0.05) is 38.8 Å². The third kappa shape index (κ3) is 4.05. The fourth-order valence-corrected chi connectivity index (χ4v) is 2.93. The summed E-state index contributed by atoms with van der Waals surface area (Å²) in [5, 5.41) is 2.23. The van der Waals surface area contributed by atoms with Gasteiger partial charge in [-0.25, -0.2) is 9.37 Å². The summed E-state index contributed by atoms with van der Waals surface area (Å²) in [7, 11) is 0. The molecule has 1 heterocycles. The van der Waals surface area contributed by atoms with Crippen molar-refractivity contribution in [1.29, 1.82) is 0 Å². The molecule has 2 rings (SSSR count). The van der Waals surface area contributed by atoms with Crippen LogP contribution in [-0.2, 0) is 4.74 Å². The number of nitrogen functional groups attached to an aromatic ring is 1. The van der Waals surface area contributed by atoms with Crippen LogP contribution in [0.4, 0.5) is 9.52 Å². The molecule has 0 fully saturated rings. The number of nitrogens with two attached hydrogens (primary N) is 1. The SMILES string of the molecule is CCCCOC(CCC)c1cccc(-c2csc(N)n2)c1F. The van der Waals surface area contributed by atoms with E-state index in [4.69, 9.17) is 10.5 Å². The smallest absolute Gasteiger partial charge is 0.180 e. The van der Waals surface area contributed by atoms with Crippen LogP contribution in [0, 0.1) is 5.82 Å². The second-order valence-corrected chi connectivity index (χ2v) is 6.17. The van der Waals surface area contributed by atoms with Crippen LogP contribution in [0.5, 0.6) is 0 Å². The molecular weight excluding hydrogens is 299 g/mol. The number of aromatic nitrogens is 1. The van der Waals surface area contributed by atoms with Crippen molar-refractivity contribution < 1.29 is 9.13 Å². The predicted octanol–water partition coefficient (Wildman–Crippen LogP) is 5.19. The molecule has 0 bridgehead atoms. The number of nitrogens with zero attached hydrogens (tertiary/aromatic N) is 1. The van der Waals surface area contributed by atoms with E-state index in [0.29, 0.717) is 28.6 Å². The van der Waals surface area contributed by atoms with Crippen LogP contribution < -0.4 is 5.73 Å². The van der Waals surface area contributed by atoms with Crippen molar-refractivity contribution in [3.63, 3.8) is 0 Å². The first-order valence-electron chi connectivity index (χ1n) is 7.78. The van der Waals surface area contributed by atoms with Crippen molar-refractivity contribution in [1.82, 2.24) is 4.98 Å². The maximum absolute atomic E-state index is 14.9. The summed E-state index contributed by atoms with van der Waals surface area (Å²) in [6, 6.07) is 5.40. The normalized spacial score (nSPS) is 12.5. The van der Waals surface area contributed by atoms with Crippen LogP contribution in [0.2, 0.25) is 0 Å². The van der Waals surface area contributed by atoms with Gasteiger partial charge in [0.25, 0.3) is 0 Å². The van der Waals surface area contributed by atoms with E-state index >= 15 is 0 Å². The molecule has 5 heteroatoms. The number of unbranched alkanes of at least 4 members (excludes halogenated alkanes) is 1. The quantitative estimate of drug-likeness (QED) is 0.680. The second kappa shape index (κ2) is 8.25. The highest BCUT2D eigenvalue weighted by Gasteiger charge is 2.19.